The van der Waals surface area contributed by atoms with Crippen LogP contribution in [-0.4, -0.2) is 14.1 Å². The number of benzene rings is 2. The Bertz CT molecular complexity index is 1210. The minimum atomic E-state index is -0.854. The van der Waals surface area contributed by atoms with Crippen LogP contribution in [0.15, 0.2) is 50.8 Å². The Hall–Kier alpha value is -2.48. The van der Waals surface area contributed by atoms with Crippen LogP contribution in [0.3, 0.4) is 0 Å². The van der Waals surface area contributed by atoms with Crippen molar-refractivity contribution in [3.8, 4) is 17.2 Å². The highest BCUT2D eigenvalue weighted by molar-refractivity contribution is 6.35. The molecule has 1 aromatic heterocycles. The van der Waals surface area contributed by atoms with Crippen LogP contribution in [0.25, 0.3) is 5.69 Å². The van der Waals surface area contributed by atoms with Gasteiger partial charge in [-0.1, -0.05) is 41.7 Å². The van der Waals surface area contributed by atoms with Crippen molar-refractivity contribution in [3.05, 3.63) is 82.9 Å². The van der Waals surface area contributed by atoms with Crippen molar-refractivity contribution in [2.45, 2.75) is 19.9 Å². The summed E-state index contributed by atoms with van der Waals surface area (Å²) in [6.07, 6.45) is 0.552. The lowest BCUT2D eigenvalue weighted by Gasteiger charge is -2.12. The van der Waals surface area contributed by atoms with Gasteiger partial charge in [0.25, 0.3) is 0 Å². The maximum Gasteiger partial charge on any atom is 0.340 e. The molecule has 1 heterocycles. The molecule has 0 atom stereocenters. The monoisotopic (exact) mass is 441 g/mol. The summed E-state index contributed by atoms with van der Waals surface area (Å²) < 4.78 is 7.46. The molecule has 1 N–H and O–H groups in total. The molecule has 0 aliphatic carbocycles. The number of hydrogen-bond donors (Lipinski definition) is 1. The zero-order valence-corrected chi connectivity index (χ0v) is 16.8. The number of nitrogens with zero attached hydrogens (tertiary/aromatic N) is 2. The van der Waals surface area contributed by atoms with Gasteiger partial charge in [0.2, 0.25) is 0 Å². The predicted molar refractivity (Wildman–Crippen MR) is 109 cm³/mol. The quantitative estimate of drug-likeness (QED) is 0.650. The third-order valence-electron chi connectivity index (χ3n) is 3.82. The zero-order chi connectivity index (χ0) is 20.4. The second-order valence-electron chi connectivity index (χ2n) is 5.80. The van der Waals surface area contributed by atoms with E-state index in [0.717, 1.165) is 9.13 Å². The van der Waals surface area contributed by atoms with Crippen LogP contribution in [0.1, 0.15) is 13.3 Å². The SMILES string of the molecule is CCCn1c(=O)[nH]c(=O)n(-c2ccc(Oc3ccc(Cl)cc3Cl)c(Cl)c2)c1=O. The molecule has 10 heteroatoms. The number of aromatic amines is 1. The molecule has 0 aliphatic rings. The van der Waals surface area contributed by atoms with Crippen molar-refractivity contribution < 1.29 is 4.74 Å². The lowest BCUT2D eigenvalue weighted by atomic mass is 10.3. The summed E-state index contributed by atoms with van der Waals surface area (Å²) >= 11 is 18.2. The molecule has 146 valence electrons. The van der Waals surface area contributed by atoms with Crippen LogP contribution in [0.4, 0.5) is 0 Å². The fourth-order valence-electron chi connectivity index (χ4n) is 2.55. The van der Waals surface area contributed by atoms with Crippen LogP contribution in [-0.2, 0) is 6.54 Å². The molecule has 3 rings (SSSR count). The fourth-order valence-corrected chi connectivity index (χ4v) is 3.21. The van der Waals surface area contributed by atoms with Crippen LogP contribution in [0.2, 0.25) is 15.1 Å². The van der Waals surface area contributed by atoms with E-state index in [4.69, 9.17) is 39.5 Å². The van der Waals surface area contributed by atoms with E-state index in [9.17, 15) is 14.4 Å². The van der Waals surface area contributed by atoms with E-state index in [1.807, 2.05) is 6.92 Å². The summed E-state index contributed by atoms with van der Waals surface area (Å²) in [4.78, 5) is 38.7. The Morgan fingerprint density at radius 3 is 2.18 bits per heavy atom. The Kier molecular flexibility index (Phi) is 5.98. The van der Waals surface area contributed by atoms with Gasteiger partial charge in [-0.05, 0) is 42.8 Å². The second kappa shape index (κ2) is 8.26. The molecule has 0 bridgehead atoms. The van der Waals surface area contributed by atoms with Crippen molar-refractivity contribution in [3.63, 3.8) is 0 Å². The normalized spacial score (nSPS) is 10.9. The summed E-state index contributed by atoms with van der Waals surface area (Å²) in [6.45, 7) is 1.99. The summed E-state index contributed by atoms with van der Waals surface area (Å²) in [7, 11) is 0. The van der Waals surface area contributed by atoms with Crippen LogP contribution >= 0.6 is 34.8 Å². The molecule has 0 radical (unpaired) electrons. The van der Waals surface area contributed by atoms with E-state index >= 15 is 0 Å². The van der Waals surface area contributed by atoms with E-state index in [2.05, 4.69) is 4.98 Å². The van der Waals surface area contributed by atoms with Crippen molar-refractivity contribution >= 4 is 34.8 Å². The molecule has 2 aromatic carbocycles. The van der Waals surface area contributed by atoms with Gasteiger partial charge in [0.15, 0.2) is 0 Å². The third kappa shape index (κ3) is 4.01. The molecule has 28 heavy (non-hydrogen) atoms. The number of ether oxygens (including phenoxy) is 1. The molecule has 3 aromatic rings. The predicted octanol–water partition coefficient (Wildman–Crippen LogP) is 3.85. The zero-order valence-electron chi connectivity index (χ0n) is 14.5. The molecule has 0 spiro atoms. The highest BCUT2D eigenvalue weighted by Crippen LogP contribution is 2.35. The molecule has 7 nitrogen and oxygen atoms in total. The second-order valence-corrected chi connectivity index (χ2v) is 7.05. The van der Waals surface area contributed by atoms with Crippen molar-refractivity contribution in [1.82, 2.24) is 14.1 Å². The summed E-state index contributed by atoms with van der Waals surface area (Å²) in [5, 5.41) is 0.898. The highest BCUT2D eigenvalue weighted by Gasteiger charge is 2.14. The van der Waals surface area contributed by atoms with Gasteiger partial charge in [0, 0.05) is 11.6 Å². The lowest BCUT2D eigenvalue weighted by Crippen LogP contribution is -2.48. The topological polar surface area (TPSA) is 86.1 Å². The highest BCUT2D eigenvalue weighted by atomic mass is 35.5. The number of hydrogen-bond acceptors (Lipinski definition) is 4. The molecule has 0 amide bonds. The first-order valence-electron chi connectivity index (χ1n) is 8.21. The van der Waals surface area contributed by atoms with Crippen molar-refractivity contribution in [1.29, 1.82) is 0 Å². The van der Waals surface area contributed by atoms with E-state index in [-0.39, 0.29) is 23.0 Å². The van der Waals surface area contributed by atoms with E-state index < -0.39 is 17.1 Å². The van der Waals surface area contributed by atoms with Gasteiger partial charge in [0.05, 0.1) is 15.7 Å². The Labute approximate surface area is 173 Å². The number of H-pyrrole nitrogens is 1. The number of halogens is 3. The van der Waals surface area contributed by atoms with Gasteiger partial charge in [-0.25, -0.2) is 23.5 Å². The fraction of sp³-hybridized carbons (Fsp3) is 0.167. The van der Waals surface area contributed by atoms with E-state index in [1.54, 1.807) is 12.1 Å². The molecule has 0 unspecified atom stereocenters. The van der Waals surface area contributed by atoms with Gasteiger partial charge in [-0.3, -0.25) is 4.98 Å². The first kappa shape index (κ1) is 20.3. The molecule has 0 saturated heterocycles. The summed E-state index contributed by atoms with van der Waals surface area (Å²) in [5.74, 6) is 0.605. The van der Waals surface area contributed by atoms with Crippen LogP contribution in [0.5, 0.6) is 11.5 Å². The van der Waals surface area contributed by atoms with Gasteiger partial charge in [-0.2, -0.15) is 0 Å². The lowest BCUT2D eigenvalue weighted by molar-refractivity contribution is 0.483. The largest absolute Gasteiger partial charge is 0.454 e. The maximum absolute atomic E-state index is 12.6. The van der Waals surface area contributed by atoms with Crippen molar-refractivity contribution in [2.75, 3.05) is 0 Å². The van der Waals surface area contributed by atoms with E-state index in [0.29, 0.717) is 22.2 Å². The summed E-state index contributed by atoms with van der Waals surface area (Å²) in [5.41, 5.74) is -2.17. The Morgan fingerprint density at radius 2 is 1.57 bits per heavy atom. The van der Waals surface area contributed by atoms with Crippen molar-refractivity contribution in [2.24, 2.45) is 0 Å². The van der Waals surface area contributed by atoms with Gasteiger partial charge >= 0.3 is 17.1 Å². The average Bonchev–Trinajstić information content (AvgIpc) is 2.62. The number of nitrogens with one attached hydrogen (secondary N) is 1. The van der Waals surface area contributed by atoms with Gasteiger partial charge < -0.3 is 4.74 Å². The first-order valence-corrected chi connectivity index (χ1v) is 9.34. The summed E-state index contributed by atoms with van der Waals surface area (Å²) in [6, 6.07) is 9.08. The molecular weight excluding hydrogens is 429 g/mol. The third-order valence-corrected chi connectivity index (χ3v) is 4.64. The Morgan fingerprint density at radius 1 is 0.929 bits per heavy atom. The minimum absolute atomic E-state index is 0.142. The standard InChI is InChI=1S/C18H14Cl3N3O4/c1-2-7-23-16(25)22-17(26)24(18(23)27)11-4-6-15(13(21)9-11)28-14-5-3-10(19)8-12(14)20/h3-6,8-9H,2,7H2,1H3,(H,22,25,26). The van der Waals surface area contributed by atoms with Crippen LogP contribution < -0.4 is 21.8 Å². The maximum atomic E-state index is 12.6. The minimum Gasteiger partial charge on any atom is -0.454 e. The first-order chi connectivity index (χ1) is 13.3. The number of rotatable bonds is 5. The van der Waals surface area contributed by atoms with Crippen LogP contribution in [0, 0.1) is 0 Å². The molecule has 0 fully saturated rings. The molecule has 0 saturated carbocycles. The Balaban J connectivity index is 2.04. The molecular formula is C18H14Cl3N3O4. The van der Waals surface area contributed by atoms with E-state index in [1.165, 1.54) is 24.3 Å². The smallest absolute Gasteiger partial charge is 0.340 e. The number of aromatic nitrogens is 3. The van der Waals surface area contributed by atoms with Gasteiger partial charge in [0.1, 0.15) is 11.5 Å². The average molecular weight is 443 g/mol. The van der Waals surface area contributed by atoms with Gasteiger partial charge in [-0.15, -0.1) is 0 Å². The molecule has 0 aliphatic heterocycles.